The molecule has 1 aliphatic rings. The molecule has 0 saturated carbocycles. The summed E-state index contributed by atoms with van der Waals surface area (Å²) < 4.78 is 1.01. The monoisotopic (exact) mass is 410 g/mol. The Morgan fingerprint density at radius 3 is 2.70 bits per heavy atom. The van der Waals surface area contributed by atoms with E-state index in [-0.39, 0.29) is 5.91 Å². The van der Waals surface area contributed by atoms with Crippen LogP contribution in [0.5, 0.6) is 0 Å². The number of carbonyl (C=O) groups excluding carboxylic acids is 2. The molecule has 1 aromatic carbocycles. The second-order valence-corrected chi connectivity index (χ2v) is 8.29. The van der Waals surface area contributed by atoms with Gasteiger partial charge in [-0.1, -0.05) is 15.9 Å². The van der Waals surface area contributed by atoms with Gasteiger partial charge in [0.2, 0.25) is 5.91 Å². The number of primary amides is 1. The van der Waals surface area contributed by atoms with Crippen molar-refractivity contribution in [1.82, 2.24) is 0 Å². The lowest BCUT2D eigenvalue weighted by molar-refractivity contribution is -0.113. The quantitative estimate of drug-likeness (QED) is 0.735. The summed E-state index contributed by atoms with van der Waals surface area (Å²) in [5.74, 6) is -0.289. The van der Waals surface area contributed by atoms with Crippen LogP contribution in [0.25, 0.3) is 0 Å². The summed E-state index contributed by atoms with van der Waals surface area (Å²) >= 11 is 6.32. The van der Waals surface area contributed by atoms with Crippen molar-refractivity contribution in [1.29, 1.82) is 0 Å². The number of aryl methyl sites for hydroxylation is 1. The number of hydrogen-bond acceptors (Lipinski definition) is 4. The molecule has 3 rings (SSSR count). The molecule has 0 radical (unpaired) electrons. The number of carbonyl (C=O) groups is 2. The van der Waals surface area contributed by atoms with E-state index in [4.69, 9.17) is 5.73 Å². The van der Waals surface area contributed by atoms with Crippen LogP contribution < -0.4 is 11.1 Å². The molecule has 1 heterocycles. The van der Waals surface area contributed by atoms with Crippen molar-refractivity contribution in [3.63, 3.8) is 0 Å². The number of benzene rings is 1. The molecule has 23 heavy (non-hydrogen) atoms. The maximum Gasteiger partial charge on any atom is 0.251 e. The fourth-order valence-electron chi connectivity index (χ4n) is 2.60. The number of nitrogens with one attached hydrogen (secondary N) is 1. The lowest BCUT2D eigenvalue weighted by Crippen LogP contribution is -2.18. The van der Waals surface area contributed by atoms with Gasteiger partial charge in [0.05, 0.1) is 11.3 Å². The second-order valence-electron chi connectivity index (χ2n) is 5.22. The zero-order valence-electron chi connectivity index (χ0n) is 12.2. The van der Waals surface area contributed by atoms with E-state index < -0.39 is 5.91 Å². The maximum absolute atomic E-state index is 12.2. The number of fused-ring (bicyclic) bond motifs is 1. The van der Waals surface area contributed by atoms with Gasteiger partial charge in [-0.3, -0.25) is 9.59 Å². The van der Waals surface area contributed by atoms with E-state index in [1.54, 1.807) is 0 Å². The summed E-state index contributed by atoms with van der Waals surface area (Å²) in [7, 11) is 0. The third kappa shape index (κ3) is 3.79. The van der Waals surface area contributed by atoms with Crippen molar-refractivity contribution < 1.29 is 9.59 Å². The van der Waals surface area contributed by atoms with E-state index in [0.29, 0.717) is 16.3 Å². The first-order valence-electron chi connectivity index (χ1n) is 7.17. The zero-order chi connectivity index (χ0) is 16.4. The number of rotatable bonds is 5. The van der Waals surface area contributed by atoms with Crippen molar-refractivity contribution in [3.8, 4) is 0 Å². The first-order chi connectivity index (χ1) is 11.0. The second kappa shape index (κ2) is 7.07. The number of halogens is 1. The first kappa shape index (κ1) is 16.5. The SMILES string of the molecule is NC(=O)c1c(NC(=O)CSc2ccc(Br)cc2)sc2c1CCC2. The number of thioether (sulfide) groups is 1. The van der Waals surface area contributed by atoms with Gasteiger partial charge in [0, 0.05) is 14.2 Å². The highest BCUT2D eigenvalue weighted by molar-refractivity contribution is 9.10. The molecular weight excluding hydrogens is 396 g/mol. The highest BCUT2D eigenvalue weighted by Crippen LogP contribution is 2.38. The Morgan fingerprint density at radius 1 is 1.26 bits per heavy atom. The van der Waals surface area contributed by atoms with Gasteiger partial charge < -0.3 is 11.1 Å². The fourth-order valence-corrected chi connectivity index (χ4v) is 4.87. The summed E-state index contributed by atoms with van der Waals surface area (Å²) in [6.45, 7) is 0. The first-order valence-corrected chi connectivity index (χ1v) is 9.76. The summed E-state index contributed by atoms with van der Waals surface area (Å²) in [6, 6.07) is 7.79. The van der Waals surface area contributed by atoms with Crippen LogP contribution in [-0.4, -0.2) is 17.6 Å². The van der Waals surface area contributed by atoms with Gasteiger partial charge in [-0.05, 0) is 49.1 Å². The van der Waals surface area contributed by atoms with Crippen LogP contribution in [-0.2, 0) is 17.6 Å². The molecule has 4 nitrogen and oxygen atoms in total. The van der Waals surface area contributed by atoms with E-state index in [1.165, 1.54) is 28.0 Å². The van der Waals surface area contributed by atoms with Gasteiger partial charge in [-0.2, -0.15) is 0 Å². The zero-order valence-corrected chi connectivity index (χ0v) is 15.4. The lowest BCUT2D eigenvalue weighted by Gasteiger charge is -2.06. The van der Waals surface area contributed by atoms with Crippen molar-refractivity contribution >= 4 is 55.8 Å². The van der Waals surface area contributed by atoms with Crippen LogP contribution in [0.15, 0.2) is 33.6 Å². The van der Waals surface area contributed by atoms with E-state index in [2.05, 4.69) is 21.2 Å². The minimum Gasteiger partial charge on any atom is -0.365 e. The van der Waals surface area contributed by atoms with Crippen molar-refractivity contribution in [2.24, 2.45) is 5.73 Å². The number of anilines is 1. The Kier molecular flexibility index (Phi) is 5.08. The van der Waals surface area contributed by atoms with Crippen LogP contribution in [0.4, 0.5) is 5.00 Å². The molecule has 3 N–H and O–H groups in total. The molecule has 7 heteroatoms. The third-order valence-electron chi connectivity index (χ3n) is 3.60. The lowest BCUT2D eigenvalue weighted by atomic mass is 10.1. The van der Waals surface area contributed by atoms with Gasteiger partial charge in [-0.15, -0.1) is 23.1 Å². The topological polar surface area (TPSA) is 72.2 Å². The summed E-state index contributed by atoms with van der Waals surface area (Å²) in [5.41, 5.74) is 7.02. The number of hydrogen-bond donors (Lipinski definition) is 2. The molecule has 1 aliphatic carbocycles. The van der Waals surface area contributed by atoms with Gasteiger partial charge in [0.15, 0.2) is 0 Å². The Bertz CT molecular complexity index is 756. The molecule has 0 fully saturated rings. The van der Waals surface area contributed by atoms with Crippen molar-refractivity contribution in [2.75, 3.05) is 11.1 Å². The van der Waals surface area contributed by atoms with Crippen LogP contribution in [0, 0.1) is 0 Å². The fraction of sp³-hybridized carbons (Fsp3) is 0.250. The van der Waals surface area contributed by atoms with E-state index in [1.807, 2.05) is 24.3 Å². The number of amides is 2. The van der Waals surface area contributed by atoms with Crippen LogP contribution in [0.1, 0.15) is 27.2 Å². The molecule has 1 aromatic heterocycles. The minimum atomic E-state index is -0.458. The number of nitrogens with two attached hydrogens (primary N) is 1. The van der Waals surface area contributed by atoms with Crippen molar-refractivity contribution in [3.05, 3.63) is 44.7 Å². The molecular formula is C16H15BrN2O2S2. The highest BCUT2D eigenvalue weighted by Gasteiger charge is 2.26. The molecule has 0 bridgehead atoms. The largest absolute Gasteiger partial charge is 0.365 e. The van der Waals surface area contributed by atoms with E-state index >= 15 is 0 Å². The maximum atomic E-state index is 12.2. The van der Waals surface area contributed by atoms with Crippen LogP contribution >= 0.6 is 39.0 Å². The molecule has 0 saturated heterocycles. The highest BCUT2D eigenvalue weighted by atomic mass is 79.9. The average Bonchev–Trinajstić information content (AvgIpc) is 3.06. The van der Waals surface area contributed by atoms with Gasteiger partial charge in [-0.25, -0.2) is 0 Å². The Hall–Kier alpha value is -1.31. The Balaban J connectivity index is 1.66. The third-order valence-corrected chi connectivity index (χ3v) is 6.35. The van der Waals surface area contributed by atoms with Gasteiger partial charge in [0.1, 0.15) is 5.00 Å². The summed E-state index contributed by atoms with van der Waals surface area (Å²) in [6.07, 6.45) is 2.88. The normalized spacial score (nSPS) is 12.9. The molecule has 120 valence electrons. The molecule has 2 amide bonds. The molecule has 0 aliphatic heterocycles. The van der Waals surface area contributed by atoms with Crippen LogP contribution in [0.3, 0.4) is 0 Å². The standard InChI is InChI=1S/C16H15BrN2O2S2/c17-9-4-6-10(7-5-9)22-8-13(20)19-16-14(15(18)21)11-2-1-3-12(11)23-16/h4-7H,1-3,8H2,(H2,18,21)(H,19,20). The predicted molar refractivity (Wildman–Crippen MR) is 98.4 cm³/mol. The van der Waals surface area contributed by atoms with Crippen LogP contribution in [0.2, 0.25) is 0 Å². The smallest absolute Gasteiger partial charge is 0.251 e. The molecule has 2 aromatic rings. The van der Waals surface area contributed by atoms with Gasteiger partial charge in [0.25, 0.3) is 5.91 Å². The van der Waals surface area contributed by atoms with E-state index in [9.17, 15) is 9.59 Å². The predicted octanol–water partition coefficient (Wildman–Crippen LogP) is 3.83. The molecule has 0 unspecified atom stereocenters. The molecule has 0 spiro atoms. The average molecular weight is 411 g/mol. The summed E-state index contributed by atoms with van der Waals surface area (Å²) in [4.78, 5) is 26.1. The molecule has 0 atom stereocenters. The Labute approximate surface area is 151 Å². The van der Waals surface area contributed by atoms with E-state index in [0.717, 1.165) is 34.2 Å². The van der Waals surface area contributed by atoms with Gasteiger partial charge >= 0.3 is 0 Å². The minimum absolute atomic E-state index is 0.125. The Morgan fingerprint density at radius 2 is 2.00 bits per heavy atom. The summed E-state index contributed by atoms with van der Waals surface area (Å²) in [5, 5.41) is 3.45. The number of thiophene rings is 1. The van der Waals surface area contributed by atoms with Crippen molar-refractivity contribution in [2.45, 2.75) is 24.2 Å².